The fourth-order valence-corrected chi connectivity index (χ4v) is 3.21. The molecule has 0 aliphatic heterocycles. The predicted molar refractivity (Wildman–Crippen MR) is 87.7 cm³/mol. The van der Waals surface area contributed by atoms with Gasteiger partial charge in [0.2, 0.25) is 0 Å². The largest absolute Gasteiger partial charge is 0.498 e. The first kappa shape index (κ1) is 15.7. The number of carbonyl (C=O) groups is 1. The minimum atomic E-state index is -0.528. The summed E-state index contributed by atoms with van der Waals surface area (Å²) in [5.41, 5.74) is 1.64. The van der Waals surface area contributed by atoms with Gasteiger partial charge in [-0.3, -0.25) is 0 Å². The van der Waals surface area contributed by atoms with Gasteiger partial charge in [-0.25, -0.2) is 4.79 Å². The molecule has 0 N–H and O–H groups in total. The summed E-state index contributed by atoms with van der Waals surface area (Å²) in [6, 6.07) is 0. The molecule has 0 atom stereocenters. The summed E-state index contributed by atoms with van der Waals surface area (Å²) in [4.78, 5) is 12.2. The molecule has 0 aromatic carbocycles. The number of nitrogens with zero attached hydrogens (tertiary/aromatic N) is 2. The molecule has 0 spiro atoms. The number of hydrogen-bond donors (Lipinski definition) is 0. The van der Waals surface area contributed by atoms with Crippen molar-refractivity contribution >= 4 is 42.4 Å². The van der Waals surface area contributed by atoms with Crippen molar-refractivity contribution in [3.05, 3.63) is 22.7 Å². The lowest BCUT2D eigenvalue weighted by Gasteiger charge is -2.18. The lowest BCUT2D eigenvalue weighted by Crippen LogP contribution is -2.24. The first-order chi connectivity index (χ1) is 9.35. The van der Waals surface area contributed by atoms with Crippen LogP contribution in [0.2, 0.25) is 0 Å². The number of rotatable bonds is 4. The van der Waals surface area contributed by atoms with Crippen molar-refractivity contribution in [1.29, 1.82) is 0 Å². The molecule has 1 heterocycles. The zero-order valence-electron chi connectivity index (χ0n) is 11.9. The van der Waals surface area contributed by atoms with Gasteiger partial charge in [-0.1, -0.05) is 0 Å². The molecule has 20 heavy (non-hydrogen) atoms. The maximum atomic E-state index is 12.2. The van der Waals surface area contributed by atoms with Crippen LogP contribution in [0.4, 0.5) is 0 Å². The molecule has 7 heteroatoms. The van der Waals surface area contributed by atoms with Gasteiger partial charge >= 0.3 is 5.97 Å². The average Bonchev–Trinajstić information content (AvgIpc) is 2.84. The molecule has 1 aromatic heterocycles. The van der Waals surface area contributed by atoms with E-state index in [1.165, 1.54) is 9.12 Å². The molecule has 1 aliphatic carbocycles. The number of hydrogen-bond acceptors (Lipinski definition) is 5. The van der Waals surface area contributed by atoms with E-state index in [-0.39, 0.29) is 5.97 Å². The summed E-state index contributed by atoms with van der Waals surface area (Å²) in [6.07, 6.45) is 2.53. The van der Waals surface area contributed by atoms with Crippen LogP contribution in [0, 0.1) is 0 Å². The van der Waals surface area contributed by atoms with Gasteiger partial charge < -0.3 is 9.47 Å². The smallest absolute Gasteiger partial charge is 0.359 e. The number of carbonyl (C=O) groups excluding carboxylic acids is 1. The highest BCUT2D eigenvalue weighted by Crippen LogP contribution is 2.33. The van der Waals surface area contributed by atoms with Crippen LogP contribution in [0.3, 0.4) is 0 Å². The number of esters is 1. The highest BCUT2D eigenvalue weighted by Gasteiger charge is 2.30. The van der Waals surface area contributed by atoms with E-state index < -0.39 is 5.60 Å². The molecule has 2 rings (SSSR count). The quantitative estimate of drug-likeness (QED) is 0.563. The zero-order chi connectivity index (χ0) is 14.9. The highest BCUT2D eigenvalue weighted by atomic mass is 127. The van der Waals surface area contributed by atoms with E-state index in [0.717, 1.165) is 17.0 Å². The van der Waals surface area contributed by atoms with Gasteiger partial charge in [0.05, 0.1) is 12.3 Å². The molecule has 0 saturated heterocycles. The number of ether oxygens (including phenoxy) is 2. The fourth-order valence-electron chi connectivity index (χ4n) is 1.96. The second kappa shape index (κ2) is 5.97. The third-order valence-corrected chi connectivity index (χ3v) is 4.16. The van der Waals surface area contributed by atoms with E-state index in [2.05, 4.69) is 26.3 Å². The van der Waals surface area contributed by atoms with E-state index in [4.69, 9.17) is 9.47 Å². The van der Waals surface area contributed by atoms with Crippen molar-refractivity contribution in [1.82, 2.24) is 9.19 Å². The Hall–Kier alpha value is -0.700. The van der Waals surface area contributed by atoms with Crippen LogP contribution in [0.1, 0.15) is 49.4 Å². The molecular formula is C13H17IN2O3S. The van der Waals surface area contributed by atoms with Gasteiger partial charge in [0, 0.05) is 48.4 Å². The molecule has 0 bridgehead atoms. The number of allylic oxidation sites excluding steroid dienone is 1. The van der Waals surface area contributed by atoms with Crippen LogP contribution in [0.15, 0.2) is 5.76 Å². The first-order valence-electron chi connectivity index (χ1n) is 6.33. The molecule has 1 aliphatic rings. The zero-order valence-corrected chi connectivity index (χ0v) is 14.9. The van der Waals surface area contributed by atoms with E-state index in [1.807, 2.05) is 33.8 Å². The topological polar surface area (TPSA) is 53.4 Å². The Morgan fingerprint density at radius 3 is 2.80 bits per heavy atom. The summed E-state index contributed by atoms with van der Waals surface area (Å²) in [5, 5.41) is 4.33. The van der Waals surface area contributed by atoms with Crippen LogP contribution >= 0.6 is 30.3 Å². The Kier molecular flexibility index (Phi) is 4.68. The van der Waals surface area contributed by atoms with Crippen LogP contribution in [-0.4, -0.2) is 27.4 Å². The summed E-state index contributed by atoms with van der Waals surface area (Å²) < 4.78 is 12.7. The highest BCUT2D eigenvalue weighted by molar-refractivity contribution is 14.2. The minimum absolute atomic E-state index is 0.380. The molecule has 110 valence electrons. The maximum absolute atomic E-state index is 12.2. The Labute approximate surface area is 134 Å². The van der Waals surface area contributed by atoms with Gasteiger partial charge in [-0.05, 0) is 27.7 Å². The van der Waals surface area contributed by atoms with Crippen LogP contribution in [0.25, 0.3) is 6.08 Å². The third kappa shape index (κ3) is 3.30. The van der Waals surface area contributed by atoms with Gasteiger partial charge in [0.1, 0.15) is 11.4 Å². The van der Waals surface area contributed by atoms with Crippen molar-refractivity contribution in [2.45, 2.75) is 39.7 Å². The molecule has 5 nitrogen and oxygen atoms in total. The summed E-state index contributed by atoms with van der Waals surface area (Å²) in [5.74, 6) is 0.480. The second-order valence-corrected chi connectivity index (χ2v) is 7.04. The molecule has 0 fully saturated rings. The minimum Gasteiger partial charge on any atom is -0.498 e. The standard InChI is InChI=1S/C13H17IN2O3S/c1-5-18-8-6-9-10(7-8)16(20-14)15-11(9)12(17)19-13(2,3)4/h7H,5-6H2,1-4H3. The lowest BCUT2D eigenvalue weighted by molar-refractivity contribution is 0.00615. The first-order valence-corrected chi connectivity index (χ1v) is 9.65. The van der Waals surface area contributed by atoms with Gasteiger partial charge in [-0.2, -0.15) is 9.19 Å². The SMILES string of the molecule is CCOC1=Cc2c(c(C(=O)OC(C)(C)C)nn2SI)C1. The van der Waals surface area contributed by atoms with E-state index in [1.54, 1.807) is 4.09 Å². The summed E-state index contributed by atoms with van der Waals surface area (Å²) in [7, 11) is 1.42. The fraction of sp³-hybridized carbons (Fsp3) is 0.538. The van der Waals surface area contributed by atoms with E-state index in [9.17, 15) is 4.79 Å². The molecule has 0 radical (unpaired) electrons. The van der Waals surface area contributed by atoms with Crippen molar-refractivity contribution in [2.24, 2.45) is 0 Å². The normalized spacial score (nSPS) is 13.9. The molecule has 0 saturated carbocycles. The van der Waals surface area contributed by atoms with Crippen LogP contribution in [0.5, 0.6) is 0 Å². The van der Waals surface area contributed by atoms with E-state index in [0.29, 0.717) is 18.7 Å². The van der Waals surface area contributed by atoms with Crippen LogP contribution in [-0.2, 0) is 15.9 Å². The van der Waals surface area contributed by atoms with Gasteiger partial charge in [0.25, 0.3) is 0 Å². The summed E-state index contributed by atoms with van der Waals surface area (Å²) >= 11 is 2.14. The number of aromatic nitrogens is 2. The Bertz CT molecular complexity index is 561. The van der Waals surface area contributed by atoms with E-state index >= 15 is 0 Å². The second-order valence-electron chi connectivity index (χ2n) is 5.38. The van der Waals surface area contributed by atoms with Gasteiger partial charge in [0.15, 0.2) is 5.69 Å². The van der Waals surface area contributed by atoms with Crippen molar-refractivity contribution in [3.8, 4) is 0 Å². The van der Waals surface area contributed by atoms with Crippen LogP contribution < -0.4 is 0 Å². The number of fused-ring (bicyclic) bond motifs is 1. The summed E-state index contributed by atoms with van der Waals surface area (Å²) in [6.45, 7) is 8.10. The number of halogens is 1. The Balaban J connectivity index is 2.30. The van der Waals surface area contributed by atoms with Crippen molar-refractivity contribution in [2.75, 3.05) is 6.61 Å². The lowest BCUT2D eigenvalue weighted by atomic mass is 10.1. The monoisotopic (exact) mass is 408 g/mol. The predicted octanol–water partition coefficient (Wildman–Crippen LogP) is 3.62. The maximum Gasteiger partial charge on any atom is 0.359 e. The Morgan fingerprint density at radius 2 is 2.25 bits per heavy atom. The molecule has 0 unspecified atom stereocenters. The van der Waals surface area contributed by atoms with Crippen molar-refractivity contribution in [3.63, 3.8) is 0 Å². The average molecular weight is 408 g/mol. The molecule has 1 aromatic rings. The molecular weight excluding hydrogens is 391 g/mol. The Morgan fingerprint density at radius 1 is 1.55 bits per heavy atom. The van der Waals surface area contributed by atoms with Gasteiger partial charge in [-0.15, -0.1) is 0 Å². The molecule has 0 amide bonds. The third-order valence-electron chi connectivity index (χ3n) is 2.63. The van der Waals surface area contributed by atoms with Crippen molar-refractivity contribution < 1.29 is 14.3 Å².